The van der Waals surface area contributed by atoms with E-state index in [9.17, 15) is 4.79 Å². The van der Waals surface area contributed by atoms with Crippen LogP contribution < -0.4 is 10.5 Å². The molecule has 8 nitrogen and oxygen atoms in total. The van der Waals surface area contributed by atoms with E-state index in [1.165, 1.54) is 5.69 Å². The predicted octanol–water partition coefficient (Wildman–Crippen LogP) is 4.09. The molecule has 0 saturated carbocycles. The number of H-pyrrole nitrogens is 1. The molecule has 1 atom stereocenters. The molecular weight excluding hydrogens is 474 g/mol. The van der Waals surface area contributed by atoms with Crippen LogP contribution in [0.5, 0.6) is 0 Å². The first-order chi connectivity index (χ1) is 18.6. The molecule has 1 N–H and O–H groups in total. The van der Waals surface area contributed by atoms with Gasteiger partial charge in [-0.25, -0.2) is 4.68 Å². The van der Waals surface area contributed by atoms with E-state index in [-0.39, 0.29) is 11.6 Å². The van der Waals surface area contributed by atoms with Crippen LogP contribution in [0.1, 0.15) is 34.1 Å². The summed E-state index contributed by atoms with van der Waals surface area (Å²) < 4.78 is 1.83. The van der Waals surface area contributed by atoms with Crippen molar-refractivity contribution < 1.29 is 0 Å². The van der Waals surface area contributed by atoms with Crippen molar-refractivity contribution in [2.75, 3.05) is 31.1 Å². The number of hydrogen-bond acceptors (Lipinski definition) is 6. The van der Waals surface area contributed by atoms with Gasteiger partial charge in [0.25, 0.3) is 5.56 Å². The lowest BCUT2D eigenvalue weighted by atomic mass is 9.99. The molecule has 3 aromatic carbocycles. The summed E-state index contributed by atoms with van der Waals surface area (Å²) in [5.41, 5.74) is 6.01. The average Bonchev–Trinajstić information content (AvgIpc) is 3.40. The summed E-state index contributed by atoms with van der Waals surface area (Å²) in [6, 6.07) is 26.4. The Kier molecular flexibility index (Phi) is 6.47. The lowest BCUT2D eigenvalue weighted by Gasteiger charge is -2.39. The van der Waals surface area contributed by atoms with Crippen molar-refractivity contribution in [2.45, 2.75) is 26.4 Å². The van der Waals surface area contributed by atoms with E-state index < -0.39 is 0 Å². The van der Waals surface area contributed by atoms with E-state index in [2.05, 4.69) is 85.8 Å². The van der Waals surface area contributed by atoms with Crippen LogP contribution >= 0.6 is 0 Å². The van der Waals surface area contributed by atoms with E-state index in [0.717, 1.165) is 53.8 Å². The number of hydrogen-bond donors (Lipinski definition) is 1. The van der Waals surface area contributed by atoms with Crippen LogP contribution in [0.2, 0.25) is 0 Å². The normalized spacial score (nSPS) is 15.2. The molecule has 0 bridgehead atoms. The quantitative estimate of drug-likeness (QED) is 0.374. The Hall–Kier alpha value is -4.30. The second kappa shape index (κ2) is 10.2. The van der Waals surface area contributed by atoms with Crippen LogP contribution in [0, 0.1) is 13.8 Å². The maximum atomic E-state index is 13.7. The minimum Gasteiger partial charge on any atom is -0.369 e. The van der Waals surface area contributed by atoms with Crippen molar-refractivity contribution in [3.8, 4) is 0 Å². The molecule has 0 radical (unpaired) electrons. The van der Waals surface area contributed by atoms with Gasteiger partial charge in [-0.3, -0.25) is 9.69 Å². The summed E-state index contributed by atoms with van der Waals surface area (Å²) >= 11 is 0. The molecule has 1 unspecified atom stereocenters. The van der Waals surface area contributed by atoms with Gasteiger partial charge in [0.05, 0.1) is 12.1 Å². The van der Waals surface area contributed by atoms with Gasteiger partial charge in [0.1, 0.15) is 6.04 Å². The van der Waals surface area contributed by atoms with Crippen LogP contribution in [0.4, 0.5) is 5.69 Å². The Morgan fingerprint density at radius 2 is 1.61 bits per heavy atom. The second-order valence-corrected chi connectivity index (χ2v) is 9.97. The van der Waals surface area contributed by atoms with Crippen molar-refractivity contribution in [3.05, 3.63) is 117 Å². The molecule has 192 valence electrons. The van der Waals surface area contributed by atoms with Crippen LogP contribution in [0.15, 0.2) is 83.7 Å². The zero-order chi connectivity index (χ0) is 26.1. The molecule has 38 heavy (non-hydrogen) atoms. The first kappa shape index (κ1) is 24.1. The summed E-state index contributed by atoms with van der Waals surface area (Å²) in [4.78, 5) is 21.6. The Morgan fingerprint density at radius 1 is 0.895 bits per heavy atom. The molecule has 2 aromatic heterocycles. The Morgan fingerprint density at radius 3 is 2.34 bits per heavy atom. The molecule has 1 aliphatic rings. The summed E-state index contributed by atoms with van der Waals surface area (Å²) in [5.74, 6) is 0.677. The molecule has 0 aliphatic carbocycles. The van der Waals surface area contributed by atoms with Gasteiger partial charge in [0, 0.05) is 37.4 Å². The number of aromatic amines is 1. The molecule has 0 amide bonds. The van der Waals surface area contributed by atoms with Gasteiger partial charge in [-0.2, -0.15) is 0 Å². The van der Waals surface area contributed by atoms with Gasteiger partial charge < -0.3 is 9.88 Å². The Bertz CT molecular complexity index is 1600. The van der Waals surface area contributed by atoms with Crippen molar-refractivity contribution in [3.63, 3.8) is 0 Å². The Labute approximate surface area is 221 Å². The van der Waals surface area contributed by atoms with Gasteiger partial charge in [0.2, 0.25) is 0 Å². The van der Waals surface area contributed by atoms with Crippen LogP contribution in [0.25, 0.3) is 10.9 Å². The highest BCUT2D eigenvalue weighted by Crippen LogP contribution is 2.30. The van der Waals surface area contributed by atoms with E-state index >= 15 is 0 Å². The van der Waals surface area contributed by atoms with E-state index in [4.69, 9.17) is 0 Å². The molecule has 1 aliphatic heterocycles. The lowest BCUT2D eigenvalue weighted by molar-refractivity contribution is 0.200. The molecule has 1 saturated heterocycles. The van der Waals surface area contributed by atoms with E-state index in [0.29, 0.717) is 17.9 Å². The molecule has 6 rings (SSSR count). The third-order valence-electron chi connectivity index (χ3n) is 7.65. The number of tetrazole rings is 1. The zero-order valence-corrected chi connectivity index (χ0v) is 21.7. The third-order valence-corrected chi connectivity index (χ3v) is 7.65. The van der Waals surface area contributed by atoms with Gasteiger partial charge in [-0.15, -0.1) is 5.10 Å². The molecule has 5 aromatic rings. The lowest BCUT2D eigenvalue weighted by Crippen LogP contribution is -2.49. The SMILES string of the molecule is Cc1ccc2cc(C(c3nnnn3Cc3ccccc3)N3CCN(c4ccccc4)CC3)c(=O)[nH]c2c1C. The van der Waals surface area contributed by atoms with Gasteiger partial charge in [0.15, 0.2) is 5.82 Å². The number of aryl methyl sites for hydroxylation is 2. The number of nitrogens with one attached hydrogen (secondary N) is 1. The molecule has 1 fully saturated rings. The summed E-state index contributed by atoms with van der Waals surface area (Å²) in [6.07, 6.45) is 0. The summed E-state index contributed by atoms with van der Waals surface area (Å²) in [6.45, 7) is 7.91. The smallest absolute Gasteiger partial charge is 0.253 e. The number of nitrogens with zero attached hydrogens (tertiary/aromatic N) is 6. The van der Waals surface area contributed by atoms with Crippen molar-refractivity contribution in [2.24, 2.45) is 0 Å². The standard InChI is InChI=1S/C30H31N7O/c1-21-13-14-24-19-26(30(38)31-27(24)22(21)2)28(29-32-33-34-37(29)20-23-9-5-3-6-10-23)36-17-15-35(16-18-36)25-11-7-4-8-12-25/h3-14,19,28H,15-18,20H2,1-2H3,(H,31,38). The topological polar surface area (TPSA) is 82.9 Å². The van der Waals surface area contributed by atoms with Crippen LogP contribution in [-0.2, 0) is 6.54 Å². The van der Waals surface area contributed by atoms with Gasteiger partial charge >= 0.3 is 0 Å². The molecule has 0 spiro atoms. The first-order valence-electron chi connectivity index (χ1n) is 13.1. The number of anilines is 1. The molecule has 3 heterocycles. The highest BCUT2D eigenvalue weighted by molar-refractivity contribution is 5.83. The van der Waals surface area contributed by atoms with Crippen LogP contribution in [-0.4, -0.2) is 56.3 Å². The predicted molar refractivity (Wildman–Crippen MR) is 149 cm³/mol. The number of piperazine rings is 1. The van der Waals surface area contributed by atoms with Gasteiger partial charge in [-0.1, -0.05) is 60.7 Å². The monoisotopic (exact) mass is 505 g/mol. The third kappa shape index (κ3) is 4.59. The van der Waals surface area contributed by atoms with Crippen molar-refractivity contribution >= 4 is 16.6 Å². The van der Waals surface area contributed by atoms with Gasteiger partial charge in [-0.05, 0) is 64.5 Å². The van der Waals surface area contributed by atoms with E-state index in [1.807, 2.05) is 41.9 Å². The highest BCUT2D eigenvalue weighted by atomic mass is 16.1. The van der Waals surface area contributed by atoms with E-state index in [1.54, 1.807) is 0 Å². The number of pyridine rings is 1. The van der Waals surface area contributed by atoms with Crippen molar-refractivity contribution in [1.82, 2.24) is 30.1 Å². The maximum absolute atomic E-state index is 13.7. The average molecular weight is 506 g/mol. The number of fused-ring (bicyclic) bond motifs is 1. The fraction of sp³-hybridized carbons (Fsp3) is 0.267. The maximum Gasteiger partial charge on any atom is 0.253 e. The highest BCUT2D eigenvalue weighted by Gasteiger charge is 2.33. The largest absolute Gasteiger partial charge is 0.369 e. The fourth-order valence-corrected chi connectivity index (χ4v) is 5.40. The number of aromatic nitrogens is 5. The first-order valence-corrected chi connectivity index (χ1v) is 13.1. The summed E-state index contributed by atoms with van der Waals surface area (Å²) in [7, 11) is 0. The minimum atomic E-state index is -0.374. The van der Waals surface area contributed by atoms with Crippen molar-refractivity contribution in [1.29, 1.82) is 0 Å². The minimum absolute atomic E-state index is 0.101. The Balaban J connectivity index is 1.41. The summed E-state index contributed by atoms with van der Waals surface area (Å²) in [5, 5.41) is 13.9. The van der Waals surface area contributed by atoms with Crippen LogP contribution in [0.3, 0.4) is 0 Å². The number of benzene rings is 3. The molecule has 8 heteroatoms. The number of rotatable bonds is 6. The fourth-order valence-electron chi connectivity index (χ4n) is 5.40. The zero-order valence-electron chi connectivity index (χ0n) is 21.7. The number of para-hydroxylation sites is 1. The second-order valence-electron chi connectivity index (χ2n) is 9.97. The molecular formula is C30H31N7O.